The summed E-state index contributed by atoms with van der Waals surface area (Å²) >= 11 is 0. The highest BCUT2D eigenvalue weighted by molar-refractivity contribution is 6.08. The molecule has 0 bridgehead atoms. The molecular weight excluding hydrogens is 659 g/mol. The molecule has 0 saturated heterocycles. The fourth-order valence-electron chi connectivity index (χ4n) is 7.77. The Morgan fingerprint density at radius 3 is 2.15 bits per heavy atom. The third-order valence-corrected chi connectivity index (χ3v) is 11.0. The number of rotatable bonds is 9. The molecule has 0 aliphatic carbocycles. The van der Waals surface area contributed by atoms with E-state index in [0.29, 0.717) is 56.7 Å². The number of carbonyl (C=O) groups excluding carboxylic acids is 3. The molecular formula is C45H49N5O3. The monoisotopic (exact) mass is 707 g/mol. The highest BCUT2D eigenvalue weighted by atomic mass is 16.2. The van der Waals surface area contributed by atoms with Crippen molar-refractivity contribution in [2.75, 3.05) is 38.6 Å². The lowest BCUT2D eigenvalue weighted by Crippen LogP contribution is -2.43. The largest absolute Gasteiger partial charge is 0.347 e. The lowest BCUT2D eigenvalue weighted by molar-refractivity contribution is -0.131. The molecule has 5 aromatic rings. The number of para-hydroxylation sites is 1. The normalized spacial score (nSPS) is 15.2. The molecule has 8 heteroatoms. The van der Waals surface area contributed by atoms with E-state index >= 15 is 0 Å². The van der Waals surface area contributed by atoms with Crippen LogP contribution in [0, 0.1) is 6.92 Å². The lowest BCUT2D eigenvalue weighted by Gasteiger charge is -2.36. The molecule has 4 aromatic carbocycles. The van der Waals surface area contributed by atoms with Gasteiger partial charge in [-0.3, -0.25) is 14.4 Å². The Hall–Kier alpha value is -5.47. The second-order valence-corrected chi connectivity index (χ2v) is 14.8. The first-order chi connectivity index (χ1) is 25.6. The van der Waals surface area contributed by atoms with Crippen LogP contribution >= 0.6 is 0 Å². The predicted molar refractivity (Wildman–Crippen MR) is 211 cm³/mol. The lowest BCUT2D eigenvalue weighted by atomic mass is 9.89. The third-order valence-electron chi connectivity index (χ3n) is 11.0. The summed E-state index contributed by atoms with van der Waals surface area (Å²) < 4.78 is 2.05. The zero-order valence-electron chi connectivity index (χ0n) is 31.5. The number of fused-ring (bicyclic) bond motifs is 2. The maximum atomic E-state index is 14.9. The topological polar surface area (TPSA) is 69.1 Å². The van der Waals surface area contributed by atoms with Gasteiger partial charge in [-0.05, 0) is 98.9 Å². The average Bonchev–Trinajstić information content (AvgIpc) is 3.47. The molecule has 0 N–H and O–H groups in total. The smallest absolute Gasteiger partial charge is 0.260 e. The standard InChI is InChI=1S/C45H49N5O3/c1-31-24-34-16-12-13-17-36(34)30-50(31)45(53)41-27-37-29-48(43(51)25-33-14-8-6-9-15-33)21-20-35(37)26-40(41)42-28-39(32(2)47(42)5)44(52)49(23-22-46(3)4)38-18-10-7-11-19-38/h6-19,26-28,31H,20-25,29-30H2,1-5H3/t31-/m1/s1. The van der Waals surface area contributed by atoms with Gasteiger partial charge in [0.05, 0.1) is 12.0 Å². The summed E-state index contributed by atoms with van der Waals surface area (Å²) in [5.41, 5.74) is 10.1. The van der Waals surface area contributed by atoms with Crippen molar-refractivity contribution in [3.63, 3.8) is 0 Å². The minimum Gasteiger partial charge on any atom is -0.347 e. The summed E-state index contributed by atoms with van der Waals surface area (Å²) in [5.74, 6) is -0.0308. The second kappa shape index (κ2) is 15.2. The van der Waals surface area contributed by atoms with E-state index < -0.39 is 0 Å². The van der Waals surface area contributed by atoms with Gasteiger partial charge in [0.2, 0.25) is 5.91 Å². The van der Waals surface area contributed by atoms with Crippen LogP contribution in [-0.4, -0.2) is 76.8 Å². The van der Waals surface area contributed by atoms with Crippen LogP contribution in [0.1, 0.15) is 61.2 Å². The van der Waals surface area contributed by atoms with Crippen LogP contribution in [0.25, 0.3) is 11.3 Å². The van der Waals surface area contributed by atoms with Crippen molar-refractivity contribution in [2.24, 2.45) is 7.05 Å². The number of likely N-dealkylation sites (N-methyl/N-ethyl adjacent to an activating group) is 1. The number of carbonyl (C=O) groups is 3. The van der Waals surface area contributed by atoms with Crippen LogP contribution in [0.2, 0.25) is 0 Å². The molecule has 0 spiro atoms. The van der Waals surface area contributed by atoms with Gasteiger partial charge in [-0.2, -0.15) is 0 Å². The Bertz CT molecular complexity index is 2140. The summed E-state index contributed by atoms with van der Waals surface area (Å²) in [6, 6.07) is 34.2. The van der Waals surface area contributed by atoms with Crippen molar-refractivity contribution < 1.29 is 14.4 Å². The Balaban J connectivity index is 1.28. The van der Waals surface area contributed by atoms with Crippen molar-refractivity contribution in [1.82, 2.24) is 19.3 Å². The van der Waals surface area contributed by atoms with Gasteiger partial charge in [0, 0.05) is 74.0 Å². The first-order valence-electron chi connectivity index (χ1n) is 18.6. The van der Waals surface area contributed by atoms with Crippen molar-refractivity contribution in [3.05, 3.63) is 148 Å². The average molecular weight is 708 g/mol. The van der Waals surface area contributed by atoms with E-state index in [1.807, 2.05) is 126 Å². The summed E-state index contributed by atoms with van der Waals surface area (Å²) in [4.78, 5) is 50.6. The van der Waals surface area contributed by atoms with E-state index in [4.69, 9.17) is 0 Å². The second-order valence-electron chi connectivity index (χ2n) is 14.8. The number of amides is 3. The molecule has 0 saturated carbocycles. The van der Waals surface area contributed by atoms with Crippen molar-refractivity contribution in [1.29, 1.82) is 0 Å². The van der Waals surface area contributed by atoms with E-state index in [9.17, 15) is 14.4 Å². The molecule has 7 rings (SSSR count). The van der Waals surface area contributed by atoms with Crippen molar-refractivity contribution >= 4 is 23.4 Å². The molecule has 2 aliphatic rings. The van der Waals surface area contributed by atoms with Gasteiger partial charge in [0.15, 0.2) is 0 Å². The maximum absolute atomic E-state index is 14.9. The minimum absolute atomic E-state index is 0.00801. The molecule has 3 amide bonds. The first-order valence-corrected chi connectivity index (χ1v) is 18.6. The number of nitrogens with zero attached hydrogens (tertiary/aromatic N) is 5. The number of hydrogen-bond acceptors (Lipinski definition) is 4. The number of benzene rings is 4. The molecule has 1 atom stereocenters. The predicted octanol–water partition coefficient (Wildman–Crippen LogP) is 6.92. The van der Waals surface area contributed by atoms with E-state index in [0.717, 1.165) is 51.3 Å². The van der Waals surface area contributed by atoms with Crippen molar-refractivity contribution in [2.45, 2.75) is 52.2 Å². The van der Waals surface area contributed by atoms with E-state index in [1.165, 1.54) is 5.56 Å². The zero-order valence-corrected chi connectivity index (χ0v) is 31.5. The molecule has 3 heterocycles. The number of anilines is 1. The Morgan fingerprint density at radius 1 is 0.755 bits per heavy atom. The van der Waals surface area contributed by atoms with E-state index in [2.05, 4.69) is 36.1 Å². The van der Waals surface area contributed by atoms with Gasteiger partial charge in [-0.25, -0.2) is 0 Å². The van der Waals surface area contributed by atoms with Gasteiger partial charge < -0.3 is 24.2 Å². The SMILES string of the molecule is Cc1c(C(=O)N(CCN(C)C)c2ccccc2)cc(-c2cc3c(cc2C(=O)N2Cc4ccccc4C[C@H]2C)CN(C(=O)Cc2ccccc2)CC3)n1C. The summed E-state index contributed by atoms with van der Waals surface area (Å²) in [6.45, 7) is 6.94. The minimum atomic E-state index is -0.0722. The molecule has 0 unspecified atom stereocenters. The summed E-state index contributed by atoms with van der Waals surface area (Å²) in [7, 11) is 5.99. The summed E-state index contributed by atoms with van der Waals surface area (Å²) in [6.07, 6.45) is 1.82. The first kappa shape index (κ1) is 35.9. The Labute approximate surface area is 313 Å². The number of hydrogen-bond donors (Lipinski definition) is 0. The van der Waals surface area contributed by atoms with Gasteiger partial charge in [-0.15, -0.1) is 0 Å². The molecule has 272 valence electrons. The molecule has 1 aromatic heterocycles. The van der Waals surface area contributed by atoms with Crippen LogP contribution in [0.5, 0.6) is 0 Å². The highest BCUT2D eigenvalue weighted by Crippen LogP contribution is 2.36. The van der Waals surface area contributed by atoms with Gasteiger partial charge in [-0.1, -0.05) is 72.8 Å². The molecule has 0 fully saturated rings. The fraction of sp³-hybridized carbons (Fsp3) is 0.311. The Kier molecular flexibility index (Phi) is 10.3. The van der Waals surface area contributed by atoms with Crippen LogP contribution in [0.3, 0.4) is 0 Å². The number of aromatic nitrogens is 1. The highest BCUT2D eigenvalue weighted by Gasteiger charge is 2.32. The third kappa shape index (κ3) is 7.42. The van der Waals surface area contributed by atoms with Crippen LogP contribution in [0.15, 0.2) is 103 Å². The van der Waals surface area contributed by atoms with E-state index in [1.54, 1.807) is 0 Å². The van der Waals surface area contributed by atoms with Crippen LogP contribution in [-0.2, 0) is 44.2 Å². The van der Waals surface area contributed by atoms with Crippen molar-refractivity contribution in [3.8, 4) is 11.3 Å². The van der Waals surface area contributed by atoms with Gasteiger partial charge in [0.25, 0.3) is 11.8 Å². The van der Waals surface area contributed by atoms with Gasteiger partial charge in [0.1, 0.15) is 0 Å². The quantitative estimate of drug-likeness (QED) is 0.167. The maximum Gasteiger partial charge on any atom is 0.260 e. The van der Waals surface area contributed by atoms with E-state index in [-0.39, 0.29) is 23.8 Å². The summed E-state index contributed by atoms with van der Waals surface area (Å²) in [5, 5.41) is 0. The van der Waals surface area contributed by atoms with Crippen LogP contribution in [0.4, 0.5) is 5.69 Å². The molecule has 0 radical (unpaired) electrons. The zero-order chi connectivity index (χ0) is 37.2. The molecule has 53 heavy (non-hydrogen) atoms. The Morgan fingerprint density at radius 2 is 1.43 bits per heavy atom. The molecule has 2 aliphatic heterocycles. The van der Waals surface area contributed by atoms with Gasteiger partial charge >= 0.3 is 0 Å². The fourth-order valence-corrected chi connectivity index (χ4v) is 7.77. The van der Waals surface area contributed by atoms with Crippen LogP contribution < -0.4 is 4.90 Å². The molecule has 8 nitrogen and oxygen atoms in total.